The first kappa shape index (κ1) is 22.5. The van der Waals surface area contributed by atoms with Gasteiger partial charge < -0.3 is 25.2 Å². The van der Waals surface area contributed by atoms with E-state index in [-0.39, 0.29) is 36.1 Å². The second kappa shape index (κ2) is 9.62. The van der Waals surface area contributed by atoms with Gasteiger partial charge in [0.15, 0.2) is 5.96 Å². The third-order valence-electron chi connectivity index (χ3n) is 5.11. The molecule has 2 heterocycles. The van der Waals surface area contributed by atoms with Crippen molar-refractivity contribution in [1.82, 2.24) is 20.4 Å². The van der Waals surface area contributed by atoms with Crippen molar-refractivity contribution >= 4 is 36.0 Å². The van der Waals surface area contributed by atoms with Crippen LogP contribution in [-0.4, -0.2) is 78.8 Å². The van der Waals surface area contributed by atoms with E-state index in [2.05, 4.69) is 22.5 Å². The molecule has 3 aliphatic rings. The molecule has 1 unspecified atom stereocenters. The summed E-state index contributed by atoms with van der Waals surface area (Å²) in [5.41, 5.74) is -0.443. The molecule has 1 saturated carbocycles. The zero-order valence-electron chi connectivity index (χ0n) is 17.2. The first-order valence-corrected chi connectivity index (χ1v) is 10.1. The Morgan fingerprint density at radius 3 is 2.48 bits per heavy atom. The van der Waals surface area contributed by atoms with Crippen LogP contribution in [0.25, 0.3) is 0 Å². The first-order chi connectivity index (χ1) is 12.3. The van der Waals surface area contributed by atoms with Crippen molar-refractivity contribution in [3.8, 4) is 0 Å². The highest BCUT2D eigenvalue weighted by molar-refractivity contribution is 14.0. The van der Waals surface area contributed by atoms with E-state index in [0.717, 1.165) is 25.1 Å². The Kier molecular flexibility index (Phi) is 8.03. The lowest BCUT2D eigenvalue weighted by atomic mass is 10.1. The van der Waals surface area contributed by atoms with Gasteiger partial charge in [-0.1, -0.05) is 0 Å². The Morgan fingerprint density at radius 2 is 1.89 bits per heavy atom. The SMILES string of the molecule is CCNC(=NCC1CCN(C2CC2)C1)NC1CN(C(=O)OC(C)(C)C)C1.I. The lowest BCUT2D eigenvalue weighted by Crippen LogP contribution is -2.63. The minimum atomic E-state index is -0.443. The van der Waals surface area contributed by atoms with Crippen molar-refractivity contribution in [2.75, 3.05) is 39.3 Å². The number of rotatable bonds is 5. The third kappa shape index (κ3) is 6.96. The summed E-state index contributed by atoms with van der Waals surface area (Å²) >= 11 is 0. The zero-order valence-corrected chi connectivity index (χ0v) is 19.5. The second-order valence-electron chi connectivity index (χ2n) is 8.83. The normalized spacial score (nSPS) is 24.2. The molecule has 7 nitrogen and oxygen atoms in total. The highest BCUT2D eigenvalue weighted by Crippen LogP contribution is 2.31. The van der Waals surface area contributed by atoms with Crippen LogP contribution >= 0.6 is 24.0 Å². The van der Waals surface area contributed by atoms with Gasteiger partial charge in [-0.25, -0.2) is 4.79 Å². The smallest absolute Gasteiger partial charge is 0.410 e. The van der Waals surface area contributed by atoms with E-state index in [1.165, 1.54) is 32.4 Å². The van der Waals surface area contributed by atoms with E-state index in [9.17, 15) is 4.79 Å². The Morgan fingerprint density at radius 1 is 1.19 bits per heavy atom. The molecule has 3 rings (SSSR count). The molecule has 0 bridgehead atoms. The Balaban J connectivity index is 0.00000261. The molecule has 2 saturated heterocycles. The van der Waals surface area contributed by atoms with Gasteiger partial charge >= 0.3 is 6.09 Å². The fourth-order valence-electron chi connectivity index (χ4n) is 3.56. The first-order valence-electron chi connectivity index (χ1n) is 10.1. The van der Waals surface area contributed by atoms with E-state index in [1.54, 1.807) is 4.90 Å². The average Bonchev–Trinajstić information content (AvgIpc) is 3.25. The number of nitrogens with one attached hydrogen (secondary N) is 2. The van der Waals surface area contributed by atoms with Crippen molar-refractivity contribution in [3.63, 3.8) is 0 Å². The lowest BCUT2D eigenvalue weighted by molar-refractivity contribution is 0.00700. The molecule has 0 radical (unpaired) electrons. The summed E-state index contributed by atoms with van der Waals surface area (Å²) in [6.07, 6.45) is 3.80. The molecule has 1 amide bonds. The molecule has 27 heavy (non-hydrogen) atoms. The van der Waals surface area contributed by atoms with Gasteiger partial charge in [-0.2, -0.15) is 0 Å². The quantitative estimate of drug-likeness (QED) is 0.350. The third-order valence-corrected chi connectivity index (χ3v) is 5.11. The minimum absolute atomic E-state index is 0. The van der Waals surface area contributed by atoms with Gasteiger partial charge in [0.2, 0.25) is 0 Å². The summed E-state index contributed by atoms with van der Waals surface area (Å²) in [7, 11) is 0. The van der Waals surface area contributed by atoms with Crippen molar-refractivity contribution < 1.29 is 9.53 Å². The van der Waals surface area contributed by atoms with Gasteiger partial charge in [0.05, 0.1) is 6.04 Å². The van der Waals surface area contributed by atoms with Gasteiger partial charge in [-0.05, 0) is 59.4 Å². The van der Waals surface area contributed by atoms with Crippen LogP contribution in [0.3, 0.4) is 0 Å². The summed E-state index contributed by atoms with van der Waals surface area (Å²) in [6, 6.07) is 1.11. The fourth-order valence-corrected chi connectivity index (χ4v) is 3.56. The fraction of sp³-hybridized carbons (Fsp3) is 0.895. The molecule has 0 spiro atoms. The number of nitrogens with zero attached hydrogens (tertiary/aromatic N) is 3. The minimum Gasteiger partial charge on any atom is -0.444 e. The number of aliphatic imine (C=N–C) groups is 1. The van der Waals surface area contributed by atoms with E-state index >= 15 is 0 Å². The van der Waals surface area contributed by atoms with Crippen LogP contribution in [0.5, 0.6) is 0 Å². The molecule has 0 aromatic rings. The van der Waals surface area contributed by atoms with Crippen LogP contribution < -0.4 is 10.6 Å². The van der Waals surface area contributed by atoms with Gasteiger partial charge in [0.1, 0.15) is 5.60 Å². The van der Waals surface area contributed by atoms with Gasteiger partial charge in [0.25, 0.3) is 0 Å². The number of halogens is 1. The molecule has 2 N–H and O–H groups in total. The number of hydrogen-bond donors (Lipinski definition) is 2. The Hall–Kier alpha value is -0.770. The lowest BCUT2D eigenvalue weighted by Gasteiger charge is -2.40. The van der Waals surface area contributed by atoms with Crippen LogP contribution in [-0.2, 0) is 4.74 Å². The van der Waals surface area contributed by atoms with E-state index in [0.29, 0.717) is 19.0 Å². The topological polar surface area (TPSA) is 69.2 Å². The second-order valence-corrected chi connectivity index (χ2v) is 8.83. The summed E-state index contributed by atoms with van der Waals surface area (Å²) in [6.45, 7) is 13.2. The monoisotopic (exact) mass is 493 g/mol. The van der Waals surface area contributed by atoms with Gasteiger partial charge in [-0.15, -0.1) is 24.0 Å². The molecule has 0 aromatic carbocycles. The highest BCUT2D eigenvalue weighted by Gasteiger charge is 2.35. The molecule has 8 heteroatoms. The van der Waals surface area contributed by atoms with Crippen LogP contribution in [0.4, 0.5) is 4.79 Å². The Labute approximate surface area is 180 Å². The molecule has 2 aliphatic heterocycles. The van der Waals surface area contributed by atoms with Crippen LogP contribution in [0.1, 0.15) is 47.0 Å². The molecule has 1 atom stereocenters. The van der Waals surface area contributed by atoms with Gasteiger partial charge in [-0.3, -0.25) is 4.99 Å². The maximum atomic E-state index is 12.0. The number of hydrogen-bond acceptors (Lipinski definition) is 4. The summed E-state index contributed by atoms with van der Waals surface area (Å²) in [5.74, 6) is 1.54. The van der Waals surface area contributed by atoms with Crippen molar-refractivity contribution in [2.24, 2.45) is 10.9 Å². The number of carbonyl (C=O) groups is 1. The maximum absolute atomic E-state index is 12.0. The van der Waals surface area contributed by atoms with E-state index in [4.69, 9.17) is 9.73 Å². The molecule has 3 fully saturated rings. The molecular formula is C19H36IN5O2. The molecular weight excluding hydrogens is 457 g/mol. The number of likely N-dealkylation sites (tertiary alicyclic amines) is 2. The number of carbonyl (C=O) groups excluding carboxylic acids is 1. The van der Waals surface area contributed by atoms with Crippen LogP contribution in [0, 0.1) is 5.92 Å². The van der Waals surface area contributed by atoms with Crippen LogP contribution in [0.2, 0.25) is 0 Å². The van der Waals surface area contributed by atoms with Crippen molar-refractivity contribution in [3.05, 3.63) is 0 Å². The van der Waals surface area contributed by atoms with Crippen molar-refractivity contribution in [1.29, 1.82) is 0 Å². The Bertz CT molecular complexity index is 527. The standard InChI is InChI=1S/C19H35N5O2.HI/c1-5-20-17(21-10-14-8-9-23(11-14)16-6-7-16)22-15-12-24(13-15)18(25)26-19(2,3)4;/h14-16H,5-13H2,1-4H3,(H2,20,21,22);1H. The summed E-state index contributed by atoms with van der Waals surface area (Å²) in [5, 5.41) is 6.77. The van der Waals surface area contributed by atoms with Crippen LogP contribution in [0.15, 0.2) is 4.99 Å². The maximum Gasteiger partial charge on any atom is 0.410 e. The molecule has 1 aliphatic carbocycles. The largest absolute Gasteiger partial charge is 0.444 e. The molecule has 156 valence electrons. The predicted octanol–water partition coefficient (Wildman–Crippen LogP) is 2.26. The van der Waals surface area contributed by atoms with Crippen molar-refractivity contribution in [2.45, 2.75) is 64.6 Å². The predicted molar refractivity (Wildman–Crippen MR) is 119 cm³/mol. The summed E-state index contributed by atoms with van der Waals surface area (Å²) < 4.78 is 5.40. The molecule has 0 aromatic heterocycles. The zero-order chi connectivity index (χ0) is 18.7. The average molecular weight is 493 g/mol. The number of ether oxygens (including phenoxy) is 1. The van der Waals surface area contributed by atoms with E-state index < -0.39 is 5.60 Å². The number of amides is 1. The van der Waals surface area contributed by atoms with E-state index in [1.807, 2.05) is 20.8 Å². The summed E-state index contributed by atoms with van der Waals surface area (Å²) in [4.78, 5) is 21.2. The number of guanidine groups is 1. The highest BCUT2D eigenvalue weighted by atomic mass is 127. The van der Waals surface area contributed by atoms with Gasteiger partial charge in [0, 0.05) is 38.8 Å².